The van der Waals surface area contributed by atoms with Gasteiger partial charge < -0.3 is 20.1 Å². The lowest BCUT2D eigenvalue weighted by atomic mass is 9.93. The van der Waals surface area contributed by atoms with Crippen LogP contribution in [0.3, 0.4) is 0 Å². The number of fused-ring (bicyclic) bond motifs is 2. The summed E-state index contributed by atoms with van der Waals surface area (Å²) in [5.41, 5.74) is 8.41. The van der Waals surface area contributed by atoms with Crippen molar-refractivity contribution < 1.29 is 0 Å². The van der Waals surface area contributed by atoms with Gasteiger partial charge in [-0.25, -0.2) is 4.98 Å². The Hall–Kier alpha value is -4.24. The van der Waals surface area contributed by atoms with Crippen molar-refractivity contribution in [2.24, 2.45) is 5.41 Å². The molecule has 0 saturated carbocycles. The highest BCUT2D eigenvalue weighted by Crippen LogP contribution is 2.34. The third-order valence-corrected chi connectivity index (χ3v) is 7.32. The van der Waals surface area contributed by atoms with Crippen LogP contribution in [0, 0.1) is 5.41 Å². The molecule has 1 saturated heterocycles. The molecule has 194 valence electrons. The van der Waals surface area contributed by atoms with E-state index < -0.39 is 0 Å². The first-order valence-corrected chi connectivity index (χ1v) is 12.9. The number of anilines is 2. The Labute approximate surface area is 222 Å². The van der Waals surface area contributed by atoms with Gasteiger partial charge in [0.2, 0.25) is 0 Å². The smallest absolute Gasteiger partial charge is 0.181 e. The van der Waals surface area contributed by atoms with E-state index in [4.69, 9.17) is 0 Å². The van der Waals surface area contributed by atoms with Gasteiger partial charge in [-0.15, -0.1) is 0 Å². The topological polar surface area (TPSA) is 102 Å². The summed E-state index contributed by atoms with van der Waals surface area (Å²) in [6.45, 7) is 14.6. The van der Waals surface area contributed by atoms with Crippen molar-refractivity contribution in [2.45, 2.75) is 20.8 Å². The Morgan fingerprint density at radius 2 is 1.68 bits per heavy atom. The number of hydrogen-bond donors (Lipinski definition) is 3. The van der Waals surface area contributed by atoms with Crippen molar-refractivity contribution in [3.8, 4) is 22.5 Å². The number of H-pyrrole nitrogens is 2. The first-order valence-electron chi connectivity index (χ1n) is 12.9. The number of aromatic amines is 2. The second-order valence-electron chi connectivity index (χ2n) is 11.1. The van der Waals surface area contributed by atoms with Gasteiger partial charge in [-0.05, 0) is 25.2 Å². The van der Waals surface area contributed by atoms with Crippen molar-refractivity contribution in [1.29, 1.82) is 0 Å². The highest BCUT2D eigenvalue weighted by Gasteiger charge is 2.20. The third-order valence-electron chi connectivity index (χ3n) is 7.32. The number of rotatable bonds is 5. The Morgan fingerprint density at radius 3 is 2.47 bits per heavy atom. The van der Waals surface area contributed by atoms with E-state index in [-0.39, 0.29) is 5.41 Å². The van der Waals surface area contributed by atoms with Crippen LogP contribution < -0.4 is 10.2 Å². The van der Waals surface area contributed by atoms with Crippen LogP contribution in [0.4, 0.5) is 11.4 Å². The van der Waals surface area contributed by atoms with E-state index in [1.807, 2.05) is 31.0 Å². The molecule has 1 aliphatic heterocycles. The number of nitrogens with one attached hydrogen (secondary N) is 3. The first-order chi connectivity index (χ1) is 18.3. The zero-order chi connectivity index (χ0) is 26.4. The normalized spacial score (nSPS) is 14.9. The van der Waals surface area contributed by atoms with E-state index in [0.717, 1.165) is 82.1 Å². The predicted molar refractivity (Wildman–Crippen MR) is 154 cm³/mol. The zero-order valence-corrected chi connectivity index (χ0v) is 22.3. The molecule has 1 aliphatic rings. The Balaban J connectivity index is 1.35. The minimum absolute atomic E-state index is 0.0541. The SMILES string of the molecule is C=C(Nc1cncc(-c2cnc3n[nH]c(-c4cc5c(N6CCN(C)CC6)cncc5[nH]4)c3c2)c1)C(C)(C)C. The molecule has 0 atom stereocenters. The van der Waals surface area contributed by atoms with Gasteiger partial charge in [0.1, 0.15) is 0 Å². The third kappa shape index (κ3) is 4.50. The molecule has 9 heteroatoms. The molecule has 0 unspecified atom stereocenters. The van der Waals surface area contributed by atoms with E-state index in [9.17, 15) is 0 Å². The summed E-state index contributed by atoms with van der Waals surface area (Å²) in [6, 6.07) is 6.38. The molecular formula is C29H33N9. The maximum absolute atomic E-state index is 4.64. The standard InChI is InChI=1S/C29H33N9/c1-18(29(2,3)4)33-21-10-19(13-30-15-21)20-11-23-27(35-36-28(23)32-14-20)24-12-22-25(34-24)16-31-17-26(22)38-8-6-37(5)7-9-38/h10-17,33-34H,1,6-9H2,2-5H3,(H,32,35,36). The van der Waals surface area contributed by atoms with Gasteiger partial charge in [-0.3, -0.25) is 15.1 Å². The van der Waals surface area contributed by atoms with Gasteiger partial charge in [0.05, 0.1) is 46.9 Å². The highest BCUT2D eigenvalue weighted by molar-refractivity contribution is 5.99. The fourth-order valence-electron chi connectivity index (χ4n) is 4.76. The number of aromatic nitrogens is 6. The van der Waals surface area contributed by atoms with Crippen molar-refractivity contribution >= 4 is 33.3 Å². The lowest BCUT2D eigenvalue weighted by Crippen LogP contribution is -2.44. The van der Waals surface area contributed by atoms with E-state index in [1.165, 1.54) is 0 Å². The summed E-state index contributed by atoms with van der Waals surface area (Å²) in [4.78, 5) is 21.9. The summed E-state index contributed by atoms with van der Waals surface area (Å²) in [7, 11) is 2.17. The molecule has 0 aromatic carbocycles. The van der Waals surface area contributed by atoms with Crippen molar-refractivity contribution in [3.05, 3.63) is 61.5 Å². The molecule has 0 bridgehead atoms. The van der Waals surface area contributed by atoms with E-state index in [1.54, 1.807) is 0 Å². The number of allylic oxidation sites excluding steroid dienone is 1. The van der Waals surface area contributed by atoms with Gasteiger partial charge in [0, 0.05) is 71.6 Å². The molecule has 0 radical (unpaired) electrons. The average Bonchev–Trinajstić information content (AvgIpc) is 3.52. The van der Waals surface area contributed by atoms with Crippen LogP contribution in [0.15, 0.2) is 61.5 Å². The summed E-state index contributed by atoms with van der Waals surface area (Å²) in [5.74, 6) is 0. The minimum atomic E-state index is -0.0541. The summed E-state index contributed by atoms with van der Waals surface area (Å²) >= 11 is 0. The fourth-order valence-corrected chi connectivity index (χ4v) is 4.76. The maximum Gasteiger partial charge on any atom is 0.181 e. The van der Waals surface area contributed by atoms with Gasteiger partial charge in [-0.1, -0.05) is 27.4 Å². The maximum atomic E-state index is 4.64. The van der Waals surface area contributed by atoms with Crippen LogP contribution in [-0.4, -0.2) is 68.3 Å². The number of hydrogen-bond acceptors (Lipinski definition) is 7. The van der Waals surface area contributed by atoms with Gasteiger partial charge in [-0.2, -0.15) is 5.10 Å². The molecule has 0 aliphatic carbocycles. The molecule has 1 fully saturated rings. The van der Waals surface area contributed by atoms with Gasteiger partial charge in [0.15, 0.2) is 5.65 Å². The van der Waals surface area contributed by atoms with Crippen molar-refractivity contribution in [3.63, 3.8) is 0 Å². The molecule has 9 nitrogen and oxygen atoms in total. The first kappa shape index (κ1) is 24.1. The van der Waals surface area contributed by atoms with Crippen molar-refractivity contribution in [1.82, 2.24) is 35.0 Å². The average molecular weight is 508 g/mol. The second kappa shape index (κ2) is 9.25. The number of nitrogens with zero attached hydrogens (tertiary/aromatic N) is 6. The molecule has 0 amide bonds. The molecular weight excluding hydrogens is 474 g/mol. The van der Waals surface area contributed by atoms with Crippen LogP contribution in [0.1, 0.15) is 20.8 Å². The molecule has 5 aromatic heterocycles. The van der Waals surface area contributed by atoms with Gasteiger partial charge in [0.25, 0.3) is 0 Å². The number of pyridine rings is 3. The largest absolute Gasteiger partial charge is 0.367 e. The molecule has 3 N–H and O–H groups in total. The summed E-state index contributed by atoms with van der Waals surface area (Å²) in [6.07, 6.45) is 9.36. The van der Waals surface area contributed by atoms with Crippen LogP contribution in [0.5, 0.6) is 0 Å². The van der Waals surface area contributed by atoms with Crippen LogP contribution >= 0.6 is 0 Å². The fraction of sp³-hybridized carbons (Fsp3) is 0.310. The molecule has 38 heavy (non-hydrogen) atoms. The summed E-state index contributed by atoms with van der Waals surface area (Å²) in [5, 5.41) is 13.2. The van der Waals surface area contributed by atoms with Crippen molar-refractivity contribution in [2.75, 3.05) is 43.4 Å². The minimum Gasteiger partial charge on any atom is -0.367 e. The Morgan fingerprint density at radius 1 is 0.921 bits per heavy atom. The monoisotopic (exact) mass is 507 g/mol. The highest BCUT2D eigenvalue weighted by atomic mass is 15.3. The lowest BCUT2D eigenvalue weighted by molar-refractivity contribution is 0.313. The van der Waals surface area contributed by atoms with Crippen LogP contribution in [-0.2, 0) is 0 Å². The van der Waals surface area contributed by atoms with E-state index >= 15 is 0 Å². The predicted octanol–water partition coefficient (Wildman–Crippen LogP) is 5.29. The van der Waals surface area contributed by atoms with Gasteiger partial charge >= 0.3 is 0 Å². The molecule has 6 rings (SSSR count). The number of piperazine rings is 1. The quantitative estimate of drug-likeness (QED) is 0.297. The zero-order valence-electron chi connectivity index (χ0n) is 22.3. The Bertz CT molecular complexity index is 1630. The van der Waals surface area contributed by atoms with Crippen LogP contribution in [0.25, 0.3) is 44.5 Å². The molecule has 6 heterocycles. The Kier molecular flexibility index (Phi) is 5.87. The van der Waals surface area contributed by atoms with Crippen LogP contribution in [0.2, 0.25) is 0 Å². The molecule has 5 aromatic rings. The molecule has 0 spiro atoms. The van der Waals surface area contributed by atoms with E-state index in [2.05, 4.69) is 97.8 Å². The van der Waals surface area contributed by atoms with E-state index in [0.29, 0.717) is 5.65 Å². The lowest BCUT2D eigenvalue weighted by Gasteiger charge is -2.34. The number of likely N-dealkylation sites (N-methyl/N-ethyl adjacent to an activating group) is 1. The summed E-state index contributed by atoms with van der Waals surface area (Å²) < 4.78 is 0. The second-order valence-corrected chi connectivity index (χ2v) is 11.1.